The zero-order chi connectivity index (χ0) is 19.0. The van der Waals surface area contributed by atoms with E-state index in [0.717, 1.165) is 23.0 Å². The molecule has 0 unspecified atom stereocenters. The highest BCUT2D eigenvalue weighted by Gasteiger charge is 2.17. The Morgan fingerprint density at radius 2 is 1.73 bits per heavy atom. The summed E-state index contributed by atoms with van der Waals surface area (Å²) in [6.07, 6.45) is 1.98. The molecule has 7 heteroatoms. The Bertz CT molecular complexity index is 808. The molecule has 26 heavy (non-hydrogen) atoms. The van der Waals surface area contributed by atoms with Crippen LogP contribution in [0.15, 0.2) is 64.0 Å². The first-order valence-corrected chi connectivity index (χ1v) is 10.8. The Morgan fingerprint density at radius 1 is 1.08 bits per heavy atom. The molecule has 0 radical (unpaired) electrons. The fraction of sp³-hybridized carbons (Fsp3) is 0.316. The van der Waals surface area contributed by atoms with E-state index in [1.807, 2.05) is 30.3 Å². The number of amides is 1. The SMILES string of the molecule is CCCCN(C(=O)CCNS(=O)(=O)c1ccc(Br)cc1)c1ccccc1. The van der Waals surface area contributed by atoms with Gasteiger partial charge in [0.25, 0.3) is 0 Å². The van der Waals surface area contributed by atoms with E-state index in [1.54, 1.807) is 17.0 Å². The Morgan fingerprint density at radius 3 is 2.35 bits per heavy atom. The van der Waals surface area contributed by atoms with Crippen molar-refractivity contribution in [3.8, 4) is 0 Å². The summed E-state index contributed by atoms with van der Waals surface area (Å²) in [5, 5.41) is 0. The van der Waals surface area contributed by atoms with E-state index in [1.165, 1.54) is 12.1 Å². The summed E-state index contributed by atoms with van der Waals surface area (Å²) in [6.45, 7) is 2.76. The summed E-state index contributed by atoms with van der Waals surface area (Å²) in [5.74, 6) is -0.0943. The Hall–Kier alpha value is -1.70. The largest absolute Gasteiger partial charge is 0.312 e. The lowest BCUT2D eigenvalue weighted by molar-refractivity contribution is -0.118. The van der Waals surface area contributed by atoms with Crippen molar-refractivity contribution in [2.45, 2.75) is 31.1 Å². The number of carbonyl (C=O) groups is 1. The van der Waals surface area contributed by atoms with Crippen LogP contribution in [-0.2, 0) is 14.8 Å². The summed E-state index contributed by atoms with van der Waals surface area (Å²) in [4.78, 5) is 14.5. The van der Waals surface area contributed by atoms with E-state index in [9.17, 15) is 13.2 Å². The number of hydrogen-bond donors (Lipinski definition) is 1. The van der Waals surface area contributed by atoms with E-state index in [-0.39, 0.29) is 23.8 Å². The van der Waals surface area contributed by atoms with Gasteiger partial charge < -0.3 is 4.90 Å². The number of anilines is 1. The average molecular weight is 439 g/mol. The molecule has 0 atom stereocenters. The van der Waals surface area contributed by atoms with Crippen molar-refractivity contribution in [1.82, 2.24) is 4.72 Å². The minimum atomic E-state index is -3.62. The summed E-state index contributed by atoms with van der Waals surface area (Å²) in [7, 11) is -3.62. The van der Waals surface area contributed by atoms with Crippen molar-refractivity contribution in [3.63, 3.8) is 0 Å². The molecule has 2 rings (SSSR count). The van der Waals surface area contributed by atoms with Crippen molar-refractivity contribution >= 4 is 37.5 Å². The Labute approximate surface area is 163 Å². The summed E-state index contributed by atoms with van der Waals surface area (Å²) >= 11 is 3.28. The highest BCUT2D eigenvalue weighted by Crippen LogP contribution is 2.16. The van der Waals surface area contributed by atoms with Gasteiger partial charge in [-0.25, -0.2) is 13.1 Å². The zero-order valence-corrected chi connectivity index (χ0v) is 17.1. The predicted octanol–water partition coefficient (Wildman–Crippen LogP) is 3.95. The maximum absolute atomic E-state index is 12.6. The van der Waals surface area contributed by atoms with Crippen LogP contribution < -0.4 is 9.62 Å². The average Bonchev–Trinajstić information content (AvgIpc) is 2.63. The molecule has 0 saturated heterocycles. The van der Waals surface area contributed by atoms with E-state index in [2.05, 4.69) is 27.6 Å². The second-order valence-electron chi connectivity index (χ2n) is 5.84. The van der Waals surface area contributed by atoms with Gasteiger partial charge in [-0.3, -0.25) is 4.79 Å². The third kappa shape index (κ3) is 5.93. The van der Waals surface area contributed by atoms with Crippen LogP contribution in [0.3, 0.4) is 0 Å². The number of carbonyl (C=O) groups excluding carboxylic acids is 1. The molecule has 0 fully saturated rings. The summed E-state index contributed by atoms with van der Waals surface area (Å²) in [6, 6.07) is 15.8. The molecule has 0 aliphatic heterocycles. The molecule has 1 amide bonds. The Balaban J connectivity index is 1.98. The number of nitrogens with zero attached hydrogens (tertiary/aromatic N) is 1. The first kappa shape index (κ1) is 20.6. The number of unbranched alkanes of at least 4 members (excludes halogenated alkanes) is 1. The topological polar surface area (TPSA) is 66.5 Å². The number of nitrogens with one attached hydrogen (secondary N) is 1. The lowest BCUT2D eigenvalue weighted by Gasteiger charge is -2.23. The molecular weight excluding hydrogens is 416 g/mol. The lowest BCUT2D eigenvalue weighted by atomic mass is 10.2. The molecule has 0 saturated carbocycles. The number of halogens is 1. The van der Waals surface area contributed by atoms with Gasteiger partial charge in [0.05, 0.1) is 4.90 Å². The third-order valence-corrected chi connectivity index (χ3v) is 5.86. The van der Waals surface area contributed by atoms with Gasteiger partial charge in [0.15, 0.2) is 0 Å². The number of rotatable bonds is 9. The molecule has 0 spiro atoms. The number of benzene rings is 2. The van der Waals surface area contributed by atoms with Crippen molar-refractivity contribution in [1.29, 1.82) is 0 Å². The van der Waals surface area contributed by atoms with E-state index >= 15 is 0 Å². The smallest absolute Gasteiger partial charge is 0.240 e. The lowest BCUT2D eigenvalue weighted by Crippen LogP contribution is -2.35. The quantitative estimate of drug-likeness (QED) is 0.644. The van der Waals surface area contributed by atoms with Crippen LogP contribution in [0, 0.1) is 0 Å². The molecule has 2 aromatic carbocycles. The summed E-state index contributed by atoms with van der Waals surface area (Å²) < 4.78 is 27.9. The second-order valence-corrected chi connectivity index (χ2v) is 8.52. The minimum absolute atomic E-state index is 0.0622. The first-order valence-electron chi connectivity index (χ1n) is 8.54. The maximum atomic E-state index is 12.6. The van der Waals surface area contributed by atoms with E-state index in [0.29, 0.717) is 6.54 Å². The second kappa shape index (κ2) is 9.85. The molecule has 0 aliphatic rings. The molecule has 0 aromatic heterocycles. The maximum Gasteiger partial charge on any atom is 0.240 e. The van der Waals surface area contributed by atoms with Crippen LogP contribution in [0.4, 0.5) is 5.69 Å². The summed E-state index contributed by atoms with van der Waals surface area (Å²) in [5.41, 5.74) is 0.835. The van der Waals surface area contributed by atoms with Crippen LogP contribution >= 0.6 is 15.9 Å². The molecule has 140 valence electrons. The van der Waals surface area contributed by atoms with E-state index in [4.69, 9.17) is 0 Å². The van der Waals surface area contributed by atoms with Gasteiger partial charge in [-0.2, -0.15) is 0 Å². The predicted molar refractivity (Wildman–Crippen MR) is 108 cm³/mol. The van der Waals surface area contributed by atoms with Gasteiger partial charge in [0.2, 0.25) is 15.9 Å². The van der Waals surface area contributed by atoms with Gasteiger partial charge in [-0.1, -0.05) is 47.5 Å². The highest BCUT2D eigenvalue weighted by atomic mass is 79.9. The third-order valence-electron chi connectivity index (χ3n) is 3.86. The van der Waals surface area contributed by atoms with Crippen LogP contribution in [-0.4, -0.2) is 27.4 Å². The van der Waals surface area contributed by atoms with Gasteiger partial charge in [-0.05, 0) is 42.8 Å². The van der Waals surface area contributed by atoms with Crippen molar-refractivity contribution in [3.05, 3.63) is 59.1 Å². The number of para-hydroxylation sites is 1. The van der Waals surface area contributed by atoms with Gasteiger partial charge in [0, 0.05) is 29.7 Å². The molecule has 2 aromatic rings. The van der Waals surface area contributed by atoms with Crippen LogP contribution in [0.1, 0.15) is 26.2 Å². The normalized spacial score (nSPS) is 11.3. The van der Waals surface area contributed by atoms with Crippen LogP contribution in [0.25, 0.3) is 0 Å². The van der Waals surface area contributed by atoms with Crippen molar-refractivity contribution < 1.29 is 13.2 Å². The molecule has 0 aliphatic carbocycles. The molecule has 0 bridgehead atoms. The molecule has 0 heterocycles. The van der Waals surface area contributed by atoms with Gasteiger partial charge in [-0.15, -0.1) is 0 Å². The minimum Gasteiger partial charge on any atom is -0.312 e. The van der Waals surface area contributed by atoms with Crippen LogP contribution in [0.5, 0.6) is 0 Å². The Kier molecular flexibility index (Phi) is 7.81. The molecule has 1 N–H and O–H groups in total. The van der Waals surface area contributed by atoms with Gasteiger partial charge in [0.1, 0.15) is 0 Å². The monoisotopic (exact) mass is 438 g/mol. The van der Waals surface area contributed by atoms with Gasteiger partial charge >= 0.3 is 0 Å². The van der Waals surface area contributed by atoms with Crippen molar-refractivity contribution in [2.75, 3.05) is 18.0 Å². The molecule has 5 nitrogen and oxygen atoms in total. The van der Waals surface area contributed by atoms with E-state index < -0.39 is 10.0 Å². The van der Waals surface area contributed by atoms with Crippen molar-refractivity contribution in [2.24, 2.45) is 0 Å². The fourth-order valence-corrected chi connectivity index (χ4v) is 3.74. The fourth-order valence-electron chi connectivity index (χ4n) is 2.45. The zero-order valence-electron chi connectivity index (χ0n) is 14.7. The first-order chi connectivity index (χ1) is 12.4. The highest BCUT2D eigenvalue weighted by molar-refractivity contribution is 9.10. The van der Waals surface area contributed by atoms with Crippen LogP contribution in [0.2, 0.25) is 0 Å². The standard InChI is InChI=1S/C19H23BrN2O3S/c1-2-3-15-22(17-7-5-4-6-8-17)19(23)13-14-21-26(24,25)18-11-9-16(20)10-12-18/h4-12,21H,2-3,13-15H2,1H3. The number of hydrogen-bond acceptors (Lipinski definition) is 3. The number of sulfonamides is 1. The molecular formula is C19H23BrN2O3S.